The summed E-state index contributed by atoms with van der Waals surface area (Å²) in [6.45, 7) is 8.17. The van der Waals surface area contributed by atoms with Gasteiger partial charge in [0.05, 0.1) is 0 Å². The summed E-state index contributed by atoms with van der Waals surface area (Å²) < 4.78 is 10.5. The van der Waals surface area contributed by atoms with Crippen LogP contribution in [0.4, 0.5) is 9.59 Å². The summed E-state index contributed by atoms with van der Waals surface area (Å²) in [5.74, 6) is -0.390. The lowest BCUT2D eigenvalue weighted by Crippen LogP contribution is -2.51. The maximum atomic E-state index is 12.9. The Morgan fingerprint density at radius 3 is 2.44 bits per heavy atom. The normalized spacial score (nSPS) is 16.4. The highest BCUT2D eigenvalue weighted by atomic mass is 16.6. The first-order chi connectivity index (χ1) is 16.0. The SMILES string of the molecule is CC(=O)N1CC[C@@H](NC(=O)[C@H](CCCNC(=O)OCc2ccccc2)NC(=O)OC(C)(C)C)C1. The Morgan fingerprint density at radius 2 is 1.82 bits per heavy atom. The van der Waals surface area contributed by atoms with E-state index < -0.39 is 23.8 Å². The van der Waals surface area contributed by atoms with Gasteiger partial charge in [0, 0.05) is 32.6 Å². The summed E-state index contributed by atoms with van der Waals surface area (Å²) in [5.41, 5.74) is 0.175. The van der Waals surface area contributed by atoms with E-state index in [2.05, 4.69) is 16.0 Å². The molecule has 0 saturated carbocycles. The molecule has 10 heteroatoms. The van der Waals surface area contributed by atoms with Crippen molar-refractivity contribution >= 4 is 24.0 Å². The molecule has 1 heterocycles. The van der Waals surface area contributed by atoms with E-state index in [9.17, 15) is 19.2 Å². The molecular formula is C24H36N4O6. The number of benzene rings is 1. The highest BCUT2D eigenvalue weighted by molar-refractivity contribution is 5.86. The molecule has 0 bridgehead atoms. The summed E-state index contributed by atoms with van der Waals surface area (Å²) >= 11 is 0. The summed E-state index contributed by atoms with van der Waals surface area (Å²) in [5, 5.41) is 8.17. The molecule has 0 radical (unpaired) electrons. The zero-order valence-corrected chi connectivity index (χ0v) is 20.4. The monoisotopic (exact) mass is 476 g/mol. The maximum Gasteiger partial charge on any atom is 0.408 e. The second kappa shape index (κ2) is 12.8. The van der Waals surface area contributed by atoms with Gasteiger partial charge in [0.1, 0.15) is 18.2 Å². The van der Waals surface area contributed by atoms with Gasteiger partial charge < -0.3 is 30.3 Å². The van der Waals surface area contributed by atoms with Crippen molar-refractivity contribution in [2.24, 2.45) is 0 Å². The molecule has 3 N–H and O–H groups in total. The van der Waals surface area contributed by atoms with E-state index in [1.165, 1.54) is 6.92 Å². The number of ether oxygens (including phenoxy) is 2. The van der Waals surface area contributed by atoms with Gasteiger partial charge in [0.25, 0.3) is 0 Å². The predicted octanol–water partition coefficient (Wildman–Crippen LogP) is 2.32. The Morgan fingerprint density at radius 1 is 1.12 bits per heavy atom. The topological polar surface area (TPSA) is 126 Å². The van der Waals surface area contributed by atoms with Crippen molar-refractivity contribution in [3.8, 4) is 0 Å². The molecule has 2 atom stereocenters. The fourth-order valence-corrected chi connectivity index (χ4v) is 3.46. The minimum absolute atomic E-state index is 0.0367. The number of likely N-dealkylation sites (tertiary alicyclic amines) is 1. The van der Waals surface area contributed by atoms with Crippen LogP contribution in [-0.4, -0.2) is 66.2 Å². The quantitative estimate of drug-likeness (QED) is 0.470. The van der Waals surface area contributed by atoms with Gasteiger partial charge in [-0.3, -0.25) is 9.59 Å². The van der Waals surface area contributed by atoms with Crippen molar-refractivity contribution in [2.75, 3.05) is 19.6 Å². The van der Waals surface area contributed by atoms with Crippen molar-refractivity contribution in [1.29, 1.82) is 0 Å². The summed E-state index contributed by atoms with van der Waals surface area (Å²) in [7, 11) is 0. The lowest BCUT2D eigenvalue weighted by molar-refractivity contribution is -0.128. The van der Waals surface area contributed by atoms with Crippen LogP contribution in [-0.2, 0) is 25.7 Å². The van der Waals surface area contributed by atoms with Crippen LogP contribution in [0.2, 0.25) is 0 Å². The van der Waals surface area contributed by atoms with E-state index in [1.807, 2.05) is 30.3 Å². The molecule has 0 unspecified atom stereocenters. The number of nitrogens with zero attached hydrogens (tertiary/aromatic N) is 1. The van der Waals surface area contributed by atoms with Gasteiger partial charge in [-0.2, -0.15) is 0 Å². The van der Waals surface area contributed by atoms with Crippen LogP contribution in [0.1, 0.15) is 52.5 Å². The smallest absolute Gasteiger partial charge is 0.408 e. The van der Waals surface area contributed by atoms with Gasteiger partial charge >= 0.3 is 12.2 Å². The number of hydrogen-bond acceptors (Lipinski definition) is 6. The summed E-state index contributed by atoms with van der Waals surface area (Å²) in [6, 6.07) is 8.31. The lowest BCUT2D eigenvalue weighted by atomic mass is 10.1. The van der Waals surface area contributed by atoms with E-state index in [0.717, 1.165) is 5.56 Å². The van der Waals surface area contributed by atoms with E-state index in [1.54, 1.807) is 25.7 Å². The van der Waals surface area contributed by atoms with Crippen molar-refractivity contribution in [1.82, 2.24) is 20.9 Å². The molecule has 1 fully saturated rings. The molecule has 1 aliphatic heterocycles. The Labute approximate surface area is 200 Å². The van der Waals surface area contributed by atoms with Gasteiger partial charge in [0.15, 0.2) is 0 Å². The lowest BCUT2D eigenvalue weighted by Gasteiger charge is -2.24. The number of alkyl carbamates (subject to hydrolysis) is 2. The van der Waals surface area contributed by atoms with E-state index in [-0.39, 0.29) is 37.4 Å². The third-order valence-electron chi connectivity index (χ3n) is 5.14. The van der Waals surface area contributed by atoms with Gasteiger partial charge in [-0.15, -0.1) is 0 Å². The molecule has 1 aromatic carbocycles. The van der Waals surface area contributed by atoms with E-state index in [4.69, 9.17) is 9.47 Å². The highest BCUT2D eigenvalue weighted by Crippen LogP contribution is 2.11. The third kappa shape index (κ3) is 10.1. The third-order valence-corrected chi connectivity index (χ3v) is 5.14. The average molecular weight is 477 g/mol. The summed E-state index contributed by atoms with van der Waals surface area (Å²) in [4.78, 5) is 50.2. The molecule has 0 aliphatic carbocycles. The van der Waals surface area contributed by atoms with Crippen LogP contribution in [0.25, 0.3) is 0 Å². The van der Waals surface area contributed by atoms with Crippen LogP contribution in [0, 0.1) is 0 Å². The second-order valence-electron chi connectivity index (χ2n) is 9.29. The minimum Gasteiger partial charge on any atom is -0.445 e. The molecule has 34 heavy (non-hydrogen) atoms. The van der Waals surface area contributed by atoms with Crippen molar-refractivity contribution in [3.63, 3.8) is 0 Å². The molecule has 10 nitrogen and oxygen atoms in total. The van der Waals surface area contributed by atoms with E-state index >= 15 is 0 Å². The molecule has 0 spiro atoms. The number of carbonyl (C=O) groups is 4. The number of amides is 4. The molecular weight excluding hydrogens is 440 g/mol. The molecule has 2 rings (SSSR count). The fourth-order valence-electron chi connectivity index (χ4n) is 3.46. The first kappa shape index (κ1) is 26.9. The highest BCUT2D eigenvalue weighted by Gasteiger charge is 2.29. The van der Waals surface area contributed by atoms with Crippen LogP contribution in [0.15, 0.2) is 30.3 Å². The predicted molar refractivity (Wildman–Crippen MR) is 126 cm³/mol. The zero-order valence-electron chi connectivity index (χ0n) is 20.4. The Hall–Kier alpha value is -3.30. The van der Waals surface area contributed by atoms with Gasteiger partial charge in [-0.1, -0.05) is 30.3 Å². The first-order valence-corrected chi connectivity index (χ1v) is 11.5. The summed E-state index contributed by atoms with van der Waals surface area (Å²) in [6.07, 6.45) is 0.116. The van der Waals surface area contributed by atoms with Crippen LogP contribution in [0.3, 0.4) is 0 Å². The molecule has 0 aromatic heterocycles. The van der Waals surface area contributed by atoms with E-state index in [0.29, 0.717) is 25.9 Å². The number of hydrogen-bond donors (Lipinski definition) is 3. The largest absolute Gasteiger partial charge is 0.445 e. The first-order valence-electron chi connectivity index (χ1n) is 11.5. The number of rotatable bonds is 9. The average Bonchev–Trinajstić information content (AvgIpc) is 3.22. The van der Waals surface area contributed by atoms with Crippen LogP contribution >= 0.6 is 0 Å². The Bertz CT molecular complexity index is 840. The number of nitrogens with one attached hydrogen (secondary N) is 3. The fraction of sp³-hybridized carbons (Fsp3) is 0.583. The second-order valence-corrected chi connectivity index (χ2v) is 9.29. The minimum atomic E-state index is -0.844. The molecule has 1 aliphatic rings. The Kier molecular flexibility index (Phi) is 10.2. The van der Waals surface area contributed by atoms with Crippen molar-refractivity contribution < 1.29 is 28.7 Å². The molecule has 1 saturated heterocycles. The molecule has 1 aromatic rings. The van der Waals surface area contributed by atoms with Gasteiger partial charge in [-0.05, 0) is 45.6 Å². The standard InChI is InChI=1S/C24H36N4O6/c1-17(29)28-14-12-19(15-28)26-21(30)20(27-23(32)34-24(2,3)4)11-8-13-25-22(31)33-16-18-9-6-5-7-10-18/h5-7,9-10,19-20H,8,11-16H2,1-4H3,(H,25,31)(H,26,30)(H,27,32)/t19-,20+/m1/s1. The maximum absolute atomic E-state index is 12.9. The molecule has 4 amide bonds. The van der Waals surface area contributed by atoms with Crippen molar-refractivity contribution in [2.45, 2.75) is 71.2 Å². The number of carbonyl (C=O) groups excluding carboxylic acids is 4. The van der Waals surface area contributed by atoms with Crippen LogP contribution in [0.5, 0.6) is 0 Å². The van der Waals surface area contributed by atoms with Gasteiger partial charge in [0.2, 0.25) is 11.8 Å². The Balaban J connectivity index is 1.82. The van der Waals surface area contributed by atoms with Crippen LogP contribution < -0.4 is 16.0 Å². The molecule has 188 valence electrons. The zero-order chi connectivity index (χ0) is 25.1. The van der Waals surface area contributed by atoms with Gasteiger partial charge in [-0.25, -0.2) is 9.59 Å². The van der Waals surface area contributed by atoms with Crippen molar-refractivity contribution in [3.05, 3.63) is 35.9 Å².